The van der Waals surface area contributed by atoms with Crippen LogP contribution in [0.4, 0.5) is 52.7 Å². The van der Waals surface area contributed by atoms with Gasteiger partial charge < -0.3 is 0 Å². The van der Waals surface area contributed by atoms with E-state index in [1.165, 1.54) is 0 Å². The highest BCUT2D eigenvalue weighted by Gasteiger charge is 2.63. The van der Waals surface area contributed by atoms with Gasteiger partial charge in [-0.15, -0.1) is 0 Å². The van der Waals surface area contributed by atoms with E-state index in [2.05, 4.69) is 0 Å². The molecule has 0 aromatic heterocycles. The van der Waals surface area contributed by atoms with E-state index in [9.17, 15) is 52.7 Å². The van der Waals surface area contributed by atoms with Gasteiger partial charge in [-0.2, -0.15) is 48.3 Å². The van der Waals surface area contributed by atoms with Gasteiger partial charge in [-0.3, -0.25) is 0 Å². The molecule has 132 valence electrons. The van der Waals surface area contributed by atoms with Crippen LogP contribution in [0.15, 0.2) is 12.2 Å². The molecule has 0 heterocycles. The van der Waals surface area contributed by atoms with Crippen molar-refractivity contribution in [2.24, 2.45) is 11.8 Å². The van der Waals surface area contributed by atoms with Crippen molar-refractivity contribution in [1.82, 2.24) is 0 Å². The molecule has 0 aliphatic carbocycles. The summed E-state index contributed by atoms with van der Waals surface area (Å²) in [6.07, 6.45) is -24.7. The summed E-state index contributed by atoms with van der Waals surface area (Å²) in [5.41, 5.74) is -4.52. The Balaban J connectivity index is 5.87. The molecule has 2 atom stereocenters. The fraction of sp³-hybridized carbons (Fsp3) is 0.800. The molecule has 0 amide bonds. The molecule has 0 aliphatic rings. The van der Waals surface area contributed by atoms with Crippen LogP contribution in [0, 0.1) is 11.8 Å². The maximum atomic E-state index is 13.3. The third kappa shape index (κ3) is 5.59. The lowest BCUT2D eigenvalue weighted by atomic mass is 9.82. The lowest BCUT2D eigenvalue weighted by Gasteiger charge is -2.33. The predicted molar refractivity (Wildman–Crippen MR) is 49.6 cm³/mol. The Bertz CT molecular complexity index is 378. The van der Waals surface area contributed by atoms with Crippen LogP contribution in [0.2, 0.25) is 0 Å². The zero-order valence-electron chi connectivity index (χ0n) is 10.5. The number of alkyl halides is 10. The predicted octanol–water partition coefficient (Wildman–Crippen LogP) is 5.80. The lowest BCUT2D eigenvalue weighted by molar-refractivity contribution is -0.302. The van der Waals surface area contributed by atoms with Gasteiger partial charge in [0.2, 0.25) is 5.67 Å². The molecule has 0 aliphatic heterocycles. The molecule has 0 aromatic carbocycles. The second-order valence-corrected chi connectivity index (χ2v) is 4.58. The fourth-order valence-corrected chi connectivity index (χ4v) is 1.66. The van der Waals surface area contributed by atoms with E-state index in [-0.39, 0.29) is 6.92 Å². The van der Waals surface area contributed by atoms with Gasteiger partial charge in [-0.1, -0.05) is 0 Å². The van der Waals surface area contributed by atoms with Crippen molar-refractivity contribution in [2.75, 3.05) is 0 Å². The summed E-state index contributed by atoms with van der Waals surface area (Å²) in [4.78, 5) is 0. The summed E-state index contributed by atoms with van der Waals surface area (Å²) in [7, 11) is 0. The van der Waals surface area contributed by atoms with Crippen molar-refractivity contribution < 1.29 is 52.7 Å². The van der Waals surface area contributed by atoms with Gasteiger partial charge in [-0.25, -0.2) is 4.39 Å². The van der Waals surface area contributed by atoms with Crippen molar-refractivity contribution in [2.45, 2.75) is 37.5 Å². The standard InChI is InChI=1S/C10H8F12/c1-7(13,10(20,21)22)3-4(2-5(11)12)6(8(14,15)16)9(17,18)19/h2,4,6H,3H2,1H3. The van der Waals surface area contributed by atoms with Gasteiger partial charge >= 0.3 is 18.5 Å². The molecule has 0 fully saturated rings. The summed E-state index contributed by atoms with van der Waals surface area (Å²) in [5.74, 6) is -8.03. The molecule has 0 aromatic rings. The van der Waals surface area contributed by atoms with Crippen molar-refractivity contribution in [3.8, 4) is 0 Å². The van der Waals surface area contributed by atoms with Crippen LogP contribution in [0.5, 0.6) is 0 Å². The molecule has 22 heavy (non-hydrogen) atoms. The molecule has 2 unspecified atom stereocenters. The van der Waals surface area contributed by atoms with Crippen LogP contribution in [0.1, 0.15) is 13.3 Å². The molecular weight excluding hydrogens is 348 g/mol. The van der Waals surface area contributed by atoms with E-state index in [1.54, 1.807) is 0 Å². The Labute approximate surface area is 115 Å². The highest BCUT2D eigenvalue weighted by atomic mass is 19.4. The Kier molecular flexibility index (Phi) is 5.88. The summed E-state index contributed by atoms with van der Waals surface area (Å²) >= 11 is 0. The van der Waals surface area contributed by atoms with Crippen LogP contribution < -0.4 is 0 Å². The van der Waals surface area contributed by atoms with Crippen molar-refractivity contribution >= 4 is 0 Å². The van der Waals surface area contributed by atoms with E-state index in [1.807, 2.05) is 0 Å². The zero-order valence-corrected chi connectivity index (χ0v) is 10.5. The highest BCUT2D eigenvalue weighted by Crippen LogP contribution is 2.49. The summed E-state index contributed by atoms with van der Waals surface area (Å²) in [6, 6.07) is 0. The summed E-state index contributed by atoms with van der Waals surface area (Å²) in [6.45, 7) is -0.326. The second-order valence-electron chi connectivity index (χ2n) is 4.58. The molecule has 0 rings (SSSR count). The Morgan fingerprint density at radius 2 is 1.18 bits per heavy atom. The van der Waals surface area contributed by atoms with Gasteiger partial charge in [-0.05, 0) is 19.4 Å². The molecule has 0 saturated heterocycles. The minimum Gasteiger partial charge on any atom is -0.234 e. The van der Waals surface area contributed by atoms with Crippen LogP contribution in [-0.4, -0.2) is 24.2 Å². The third-order valence-corrected chi connectivity index (χ3v) is 2.68. The summed E-state index contributed by atoms with van der Waals surface area (Å²) < 4.78 is 148. The van der Waals surface area contributed by atoms with E-state index in [0.717, 1.165) is 0 Å². The summed E-state index contributed by atoms with van der Waals surface area (Å²) in [5, 5.41) is 0. The molecule has 0 radical (unpaired) electrons. The van der Waals surface area contributed by atoms with Crippen LogP contribution in [-0.2, 0) is 0 Å². The molecular formula is C10H8F12. The topological polar surface area (TPSA) is 0 Å². The quantitative estimate of drug-likeness (QED) is 0.558. The Morgan fingerprint density at radius 3 is 1.41 bits per heavy atom. The van der Waals surface area contributed by atoms with Crippen molar-refractivity contribution in [3.05, 3.63) is 12.2 Å². The maximum Gasteiger partial charge on any atom is 0.422 e. The van der Waals surface area contributed by atoms with E-state index in [4.69, 9.17) is 0 Å². The average Bonchev–Trinajstić information content (AvgIpc) is 2.07. The molecule has 0 nitrogen and oxygen atoms in total. The van der Waals surface area contributed by atoms with E-state index < -0.39 is 54.6 Å². The number of hydrogen-bond donors (Lipinski definition) is 0. The van der Waals surface area contributed by atoms with Gasteiger partial charge in [0.05, 0.1) is 0 Å². The van der Waals surface area contributed by atoms with E-state index >= 15 is 0 Å². The molecule has 0 bridgehead atoms. The molecule has 0 N–H and O–H groups in total. The average molecular weight is 356 g/mol. The molecule has 0 spiro atoms. The monoisotopic (exact) mass is 356 g/mol. The van der Waals surface area contributed by atoms with Gasteiger partial charge in [0.25, 0.3) is 6.08 Å². The van der Waals surface area contributed by atoms with Crippen LogP contribution >= 0.6 is 0 Å². The SMILES string of the molecule is CC(F)(CC(C=C(F)F)C(C(F)(F)F)C(F)(F)F)C(F)(F)F. The minimum absolute atomic E-state index is 0.326. The molecule has 12 heteroatoms. The first-order chi connectivity index (χ1) is 9.39. The van der Waals surface area contributed by atoms with Crippen molar-refractivity contribution in [3.63, 3.8) is 0 Å². The first kappa shape index (κ1) is 20.9. The van der Waals surface area contributed by atoms with Gasteiger partial charge in [0.15, 0.2) is 5.92 Å². The smallest absolute Gasteiger partial charge is 0.234 e. The second kappa shape index (κ2) is 6.19. The Morgan fingerprint density at radius 1 is 0.818 bits per heavy atom. The highest BCUT2D eigenvalue weighted by molar-refractivity contribution is 5.00. The van der Waals surface area contributed by atoms with Crippen LogP contribution in [0.25, 0.3) is 0 Å². The molecule has 0 saturated carbocycles. The largest absolute Gasteiger partial charge is 0.422 e. The maximum absolute atomic E-state index is 13.3. The number of hydrogen-bond acceptors (Lipinski definition) is 0. The van der Waals surface area contributed by atoms with Gasteiger partial charge in [0, 0.05) is 5.92 Å². The fourth-order valence-electron chi connectivity index (χ4n) is 1.66. The first-order valence-electron chi connectivity index (χ1n) is 5.31. The minimum atomic E-state index is -6.18. The van der Waals surface area contributed by atoms with E-state index in [0.29, 0.717) is 0 Å². The van der Waals surface area contributed by atoms with Gasteiger partial charge in [0.1, 0.15) is 0 Å². The van der Waals surface area contributed by atoms with Crippen LogP contribution in [0.3, 0.4) is 0 Å². The normalized spacial score (nSPS) is 18.1. The Hall–Kier alpha value is -1.10. The van der Waals surface area contributed by atoms with Crippen molar-refractivity contribution in [1.29, 1.82) is 0 Å². The third-order valence-electron chi connectivity index (χ3n) is 2.68. The first-order valence-corrected chi connectivity index (χ1v) is 5.31. The zero-order chi connectivity index (χ0) is 18.1. The lowest BCUT2D eigenvalue weighted by Crippen LogP contribution is -2.46. The number of allylic oxidation sites excluding steroid dienone is 1. The number of rotatable bonds is 4. The number of halogens is 12.